The highest BCUT2D eigenvalue weighted by atomic mass is 32.1. The molecule has 0 radical (unpaired) electrons. The number of carboxylic acid groups (broad SMARTS) is 1. The number of anilines is 1. The molecule has 2 N–H and O–H groups in total. The van der Waals surface area contributed by atoms with Gasteiger partial charge in [0.25, 0.3) is 17.5 Å². The first kappa shape index (κ1) is 26.7. The third-order valence-corrected chi connectivity index (χ3v) is 7.46. The Kier molecular flexibility index (Phi) is 8.01. The van der Waals surface area contributed by atoms with Gasteiger partial charge < -0.3 is 20.2 Å². The van der Waals surface area contributed by atoms with E-state index in [0.717, 1.165) is 0 Å². The fourth-order valence-corrected chi connectivity index (χ4v) is 5.36. The molecule has 2 aromatic heterocycles. The lowest BCUT2D eigenvalue weighted by atomic mass is 10.0. The van der Waals surface area contributed by atoms with Crippen molar-refractivity contribution in [3.63, 3.8) is 0 Å². The Morgan fingerprint density at radius 2 is 1.95 bits per heavy atom. The van der Waals surface area contributed by atoms with Crippen molar-refractivity contribution in [1.29, 1.82) is 0 Å². The van der Waals surface area contributed by atoms with E-state index in [1.807, 2.05) is 18.7 Å². The van der Waals surface area contributed by atoms with Gasteiger partial charge in [-0.2, -0.15) is 0 Å². The van der Waals surface area contributed by atoms with Gasteiger partial charge in [-0.1, -0.05) is 6.07 Å². The minimum atomic E-state index is -1.07. The summed E-state index contributed by atoms with van der Waals surface area (Å²) in [5.41, 5.74) is 0.637. The number of aromatic nitrogens is 1. The van der Waals surface area contributed by atoms with Crippen molar-refractivity contribution in [3.8, 4) is 0 Å². The molecule has 11 nitrogen and oxygen atoms in total. The second-order valence-electron chi connectivity index (χ2n) is 9.15. The van der Waals surface area contributed by atoms with Crippen molar-refractivity contribution in [3.05, 3.63) is 86.4 Å². The van der Waals surface area contributed by atoms with Crippen LogP contribution in [0.5, 0.6) is 0 Å². The zero-order valence-electron chi connectivity index (χ0n) is 20.8. The molecule has 2 amide bonds. The molecule has 1 aromatic carbocycles. The van der Waals surface area contributed by atoms with Gasteiger partial charge in [-0.15, -0.1) is 11.3 Å². The first-order valence-corrected chi connectivity index (χ1v) is 12.9. The van der Waals surface area contributed by atoms with Crippen LogP contribution in [0.15, 0.2) is 60.2 Å². The maximum atomic E-state index is 13.0. The molecular formula is C26H27N5O6S. The molecule has 3 heterocycles. The molecule has 3 aromatic rings. The number of carbonyl (C=O) groups excluding carboxylic acids is 2. The highest BCUT2D eigenvalue weighted by molar-refractivity contribution is 7.10. The minimum absolute atomic E-state index is 0.0542. The molecule has 0 saturated carbocycles. The summed E-state index contributed by atoms with van der Waals surface area (Å²) in [6.07, 6.45) is 2.79. The highest BCUT2D eigenvalue weighted by Gasteiger charge is 2.35. The van der Waals surface area contributed by atoms with E-state index in [0.29, 0.717) is 29.2 Å². The maximum Gasteiger partial charge on any atom is 0.305 e. The van der Waals surface area contributed by atoms with Gasteiger partial charge in [-0.05, 0) is 49.6 Å². The first-order valence-electron chi connectivity index (χ1n) is 12.0. The Morgan fingerprint density at radius 1 is 1.16 bits per heavy atom. The number of hydrogen-bond donors (Lipinski definition) is 2. The normalized spacial score (nSPS) is 18.1. The van der Waals surface area contributed by atoms with Gasteiger partial charge in [-0.25, -0.2) is 0 Å². The first-order chi connectivity index (χ1) is 18.2. The standard InChI is InChI=1S/C26H27N5O6S/c1-16-15-30(26(35)19-5-3-9-27-13-19)17(2)14-29(16)21-8-7-18(11-22(21)31(36)37)25(34)28-20(12-24(32)33)23-6-4-10-38-23/h3-11,13,16-17,20H,12,14-15H2,1-2H3,(H,28,34)(H,32,33). The van der Waals surface area contributed by atoms with E-state index in [1.54, 1.807) is 40.7 Å². The molecule has 38 heavy (non-hydrogen) atoms. The van der Waals surface area contributed by atoms with Crippen LogP contribution in [0, 0.1) is 10.1 Å². The van der Waals surface area contributed by atoms with Crippen LogP contribution >= 0.6 is 11.3 Å². The topological polar surface area (TPSA) is 146 Å². The van der Waals surface area contributed by atoms with Crippen molar-refractivity contribution < 1.29 is 24.4 Å². The van der Waals surface area contributed by atoms with Crippen molar-refractivity contribution in [2.24, 2.45) is 0 Å². The second kappa shape index (κ2) is 11.4. The fraction of sp³-hybridized carbons (Fsp3) is 0.308. The quantitative estimate of drug-likeness (QED) is 0.326. The van der Waals surface area contributed by atoms with E-state index in [-0.39, 0.29) is 35.7 Å². The van der Waals surface area contributed by atoms with Crippen LogP contribution in [0.3, 0.4) is 0 Å². The number of nitro groups is 1. The molecule has 1 aliphatic heterocycles. The summed E-state index contributed by atoms with van der Waals surface area (Å²) in [7, 11) is 0. The van der Waals surface area contributed by atoms with E-state index in [1.165, 1.54) is 35.7 Å². The number of carbonyl (C=O) groups is 3. The summed E-state index contributed by atoms with van der Waals surface area (Å²) in [4.78, 5) is 57.1. The Bertz CT molecular complexity index is 1330. The number of nitro benzene ring substituents is 1. The summed E-state index contributed by atoms with van der Waals surface area (Å²) in [5.74, 6) is -1.83. The molecule has 0 spiro atoms. The number of thiophene rings is 1. The van der Waals surface area contributed by atoms with Gasteiger partial charge in [0.15, 0.2) is 0 Å². The largest absolute Gasteiger partial charge is 0.481 e. The maximum absolute atomic E-state index is 13.0. The molecule has 3 atom stereocenters. The van der Waals surface area contributed by atoms with Crippen LogP contribution in [0.4, 0.5) is 11.4 Å². The van der Waals surface area contributed by atoms with Crippen molar-refractivity contribution in [1.82, 2.24) is 15.2 Å². The van der Waals surface area contributed by atoms with Crippen LogP contribution in [0.1, 0.15) is 51.9 Å². The number of aliphatic carboxylic acids is 1. The fourth-order valence-electron chi connectivity index (χ4n) is 4.58. The number of carboxylic acids is 1. The average molecular weight is 538 g/mol. The second-order valence-corrected chi connectivity index (χ2v) is 10.1. The summed E-state index contributed by atoms with van der Waals surface area (Å²) < 4.78 is 0. The predicted molar refractivity (Wildman–Crippen MR) is 141 cm³/mol. The number of hydrogen-bond acceptors (Lipinski definition) is 8. The summed E-state index contributed by atoms with van der Waals surface area (Å²) in [6.45, 7) is 4.48. The van der Waals surface area contributed by atoms with E-state index >= 15 is 0 Å². The van der Waals surface area contributed by atoms with Gasteiger partial charge in [0.05, 0.1) is 22.9 Å². The minimum Gasteiger partial charge on any atom is -0.481 e. The number of benzene rings is 1. The number of nitrogens with zero attached hydrogens (tertiary/aromatic N) is 4. The van der Waals surface area contributed by atoms with Crippen LogP contribution in [-0.4, -0.2) is 62.9 Å². The monoisotopic (exact) mass is 537 g/mol. The molecule has 0 bridgehead atoms. The molecule has 1 fully saturated rings. The van der Waals surface area contributed by atoms with Crippen molar-refractivity contribution >= 4 is 40.5 Å². The molecule has 4 rings (SSSR count). The SMILES string of the molecule is CC1CN(c2ccc(C(=O)NC(CC(=O)O)c3cccs3)cc2[N+](=O)[O-])C(C)CN1C(=O)c1cccnc1. The van der Waals surface area contributed by atoms with Gasteiger partial charge in [0.1, 0.15) is 5.69 Å². The number of nitrogens with one attached hydrogen (secondary N) is 1. The zero-order valence-corrected chi connectivity index (χ0v) is 21.6. The highest BCUT2D eigenvalue weighted by Crippen LogP contribution is 2.34. The number of rotatable bonds is 8. The molecule has 12 heteroatoms. The number of piperazine rings is 1. The summed E-state index contributed by atoms with van der Waals surface area (Å²) in [6, 6.07) is 9.90. The predicted octanol–water partition coefficient (Wildman–Crippen LogP) is 3.74. The van der Waals surface area contributed by atoms with Gasteiger partial charge in [0, 0.05) is 54.1 Å². The Labute approximate surface area is 222 Å². The van der Waals surface area contributed by atoms with Crippen LogP contribution in [0.2, 0.25) is 0 Å². The van der Waals surface area contributed by atoms with E-state index in [4.69, 9.17) is 0 Å². The Morgan fingerprint density at radius 3 is 2.58 bits per heavy atom. The molecule has 198 valence electrons. The van der Waals surface area contributed by atoms with E-state index < -0.39 is 22.8 Å². The molecular weight excluding hydrogens is 510 g/mol. The van der Waals surface area contributed by atoms with Gasteiger partial charge >= 0.3 is 5.97 Å². The van der Waals surface area contributed by atoms with Crippen LogP contribution in [0.25, 0.3) is 0 Å². The van der Waals surface area contributed by atoms with E-state index in [2.05, 4.69) is 10.3 Å². The van der Waals surface area contributed by atoms with Crippen molar-refractivity contribution in [2.45, 2.75) is 38.4 Å². The third kappa shape index (κ3) is 5.80. The van der Waals surface area contributed by atoms with Crippen LogP contribution < -0.4 is 10.2 Å². The van der Waals surface area contributed by atoms with E-state index in [9.17, 15) is 29.6 Å². The molecule has 0 aliphatic carbocycles. The lowest BCUT2D eigenvalue weighted by Gasteiger charge is -2.45. The molecule has 3 unspecified atom stereocenters. The average Bonchev–Trinajstić information content (AvgIpc) is 3.44. The third-order valence-electron chi connectivity index (χ3n) is 6.47. The summed E-state index contributed by atoms with van der Waals surface area (Å²) in [5, 5.41) is 25.8. The van der Waals surface area contributed by atoms with Crippen LogP contribution in [-0.2, 0) is 4.79 Å². The van der Waals surface area contributed by atoms with Gasteiger partial charge in [-0.3, -0.25) is 29.5 Å². The Hall–Kier alpha value is -4.32. The zero-order chi connectivity index (χ0) is 27.4. The smallest absolute Gasteiger partial charge is 0.305 e. The number of amides is 2. The summed E-state index contributed by atoms with van der Waals surface area (Å²) >= 11 is 1.32. The lowest BCUT2D eigenvalue weighted by Crippen LogP contribution is -2.58. The lowest BCUT2D eigenvalue weighted by molar-refractivity contribution is -0.384. The van der Waals surface area contributed by atoms with Gasteiger partial charge in [0.2, 0.25) is 0 Å². The Balaban J connectivity index is 1.55. The number of pyridine rings is 1. The molecule has 1 aliphatic rings. The van der Waals surface area contributed by atoms with Crippen molar-refractivity contribution in [2.75, 3.05) is 18.0 Å². The molecule has 1 saturated heterocycles.